The van der Waals surface area contributed by atoms with Crippen LogP contribution in [0.3, 0.4) is 0 Å². The summed E-state index contributed by atoms with van der Waals surface area (Å²) in [7, 11) is -3.54. The first kappa shape index (κ1) is 17.7. The van der Waals surface area contributed by atoms with Gasteiger partial charge in [0.05, 0.1) is 22.9 Å². The quantitative estimate of drug-likeness (QED) is 0.834. The zero-order valence-electron chi connectivity index (χ0n) is 14.4. The summed E-state index contributed by atoms with van der Waals surface area (Å²) in [5.41, 5.74) is 0.968. The minimum atomic E-state index is -3.54. The Morgan fingerprint density at radius 3 is 3.04 bits per heavy atom. The van der Waals surface area contributed by atoms with E-state index < -0.39 is 15.9 Å². The van der Waals surface area contributed by atoms with Crippen molar-refractivity contribution in [2.75, 3.05) is 12.3 Å². The van der Waals surface area contributed by atoms with Gasteiger partial charge in [-0.05, 0) is 31.2 Å². The van der Waals surface area contributed by atoms with Gasteiger partial charge in [0.1, 0.15) is 11.5 Å². The number of hydrogen-bond acceptors (Lipinski definition) is 7. The summed E-state index contributed by atoms with van der Waals surface area (Å²) in [6.45, 7) is 2.36. The van der Waals surface area contributed by atoms with E-state index in [0.717, 1.165) is 10.7 Å². The van der Waals surface area contributed by atoms with Crippen LogP contribution in [0.5, 0.6) is 0 Å². The minimum Gasteiger partial charge on any atom is -0.458 e. The standard InChI is InChI=1S/C17H16N4O4S2/c1-11-19-14(10-26-11)15-5-4-12(25-15)9-18-17(22)13-3-2-6-21-7-8-27(23,24)20-16(13)21/h2-6,10H,7-9H2,1H3,(H,18,22). The normalized spacial score (nSPS) is 17.9. The number of thiazole rings is 1. The summed E-state index contributed by atoms with van der Waals surface area (Å²) in [4.78, 5) is 18.6. The molecule has 4 rings (SSSR count). The van der Waals surface area contributed by atoms with E-state index in [0.29, 0.717) is 11.5 Å². The maximum atomic E-state index is 12.5. The Morgan fingerprint density at radius 1 is 1.41 bits per heavy atom. The molecule has 0 aromatic carbocycles. The highest BCUT2D eigenvalue weighted by molar-refractivity contribution is 7.90. The maximum absolute atomic E-state index is 12.5. The van der Waals surface area contributed by atoms with Crippen LogP contribution in [-0.4, -0.2) is 42.3 Å². The molecule has 0 aliphatic carbocycles. The predicted molar refractivity (Wildman–Crippen MR) is 102 cm³/mol. The third-order valence-corrected chi connectivity index (χ3v) is 5.98. The number of sulfonamides is 1. The van der Waals surface area contributed by atoms with Gasteiger partial charge in [0.25, 0.3) is 15.9 Å². The first-order valence-corrected chi connectivity index (χ1v) is 10.7. The first-order valence-electron chi connectivity index (χ1n) is 8.19. The molecule has 2 aliphatic rings. The average Bonchev–Trinajstić information content (AvgIpc) is 3.27. The van der Waals surface area contributed by atoms with Gasteiger partial charge in [-0.2, -0.15) is 0 Å². The van der Waals surface area contributed by atoms with Crippen molar-refractivity contribution in [3.8, 4) is 11.5 Å². The number of nitrogens with zero attached hydrogens (tertiary/aromatic N) is 3. The topological polar surface area (TPSA) is 105 Å². The van der Waals surface area contributed by atoms with Gasteiger partial charge in [0, 0.05) is 18.1 Å². The monoisotopic (exact) mass is 404 g/mol. The third-order valence-electron chi connectivity index (χ3n) is 4.06. The van der Waals surface area contributed by atoms with E-state index in [4.69, 9.17) is 4.42 Å². The summed E-state index contributed by atoms with van der Waals surface area (Å²) in [6.07, 6.45) is 4.96. The maximum Gasteiger partial charge on any atom is 0.256 e. The fourth-order valence-corrected chi connectivity index (χ4v) is 4.33. The molecule has 0 saturated carbocycles. The molecule has 0 saturated heterocycles. The fourth-order valence-electron chi connectivity index (χ4n) is 2.74. The summed E-state index contributed by atoms with van der Waals surface area (Å²) in [5, 5.41) is 5.60. The van der Waals surface area contributed by atoms with Gasteiger partial charge in [-0.3, -0.25) is 4.79 Å². The van der Waals surface area contributed by atoms with Gasteiger partial charge in [-0.1, -0.05) is 0 Å². The molecule has 0 unspecified atom stereocenters. The Labute approximate surface area is 160 Å². The second kappa shape index (κ2) is 6.78. The van der Waals surface area contributed by atoms with Crippen molar-refractivity contribution >= 4 is 33.1 Å². The number of aromatic nitrogens is 1. The molecular weight excluding hydrogens is 388 g/mol. The van der Waals surface area contributed by atoms with Crippen LogP contribution in [0.15, 0.2) is 50.3 Å². The smallest absolute Gasteiger partial charge is 0.256 e. The van der Waals surface area contributed by atoms with E-state index >= 15 is 0 Å². The minimum absolute atomic E-state index is 0.0684. The van der Waals surface area contributed by atoms with E-state index in [1.165, 1.54) is 11.3 Å². The molecule has 140 valence electrons. The van der Waals surface area contributed by atoms with E-state index in [-0.39, 0.29) is 30.3 Å². The molecule has 10 heteroatoms. The lowest BCUT2D eigenvalue weighted by molar-refractivity contribution is -0.117. The van der Waals surface area contributed by atoms with Crippen LogP contribution in [0.4, 0.5) is 0 Å². The number of rotatable bonds is 4. The molecule has 4 heterocycles. The molecule has 2 aromatic heterocycles. The predicted octanol–water partition coefficient (Wildman–Crippen LogP) is 1.83. The Balaban J connectivity index is 1.47. The third kappa shape index (κ3) is 3.71. The van der Waals surface area contributed by atoms with Crippen LogP contribution < -0.4 is 5.32 Å². The number of nitrogens with one attached hydrogen (secondary N) is 1. The highest BCUT2D eigenvalue weighted by Gasteiger charge is 2.29. The Morgan fingerprint density at radius 2 is 2.26 bits per heavy atom. The number of fused-ring (bicyclic) bond motifs is 1. The highest BCUT2D eigenvalue weighted by Crippen LogP contribution is 2.24. The molecule has 1 amide bonds. The number of hydrogen-bond donors (Lipinski definition) is 1. The van der Waals surface area contributed by atoms with Crippen LogP contribution in [-0.2, 0) is 21.4 Å². The van der Waals surface area contributed by atoms with Gasteiger partial charge in [0.15, 0.2) is 11.6 Å². The van der Waals surface area contributed by atoms with Gasteiger partial charge in [-0.15, -0.1) is 15.7 Å². The van der Waals surface area contributed by atoms with Crippen LogP contribution in [0.1, 0.15) is 10.8 Å². The lowest BCUT2D eigenvalue weighted by atomic mass is 10.1. The van der Waals surface area contributed by atoms with E-state index in [1.807, 2.05) is 12.3 Å². The molecule has 2 aromatic rings. The lowest BCUT2D eigenvalue weighted by Gasteiger charge is -2.28. The number of aryl methyl sites for hydroxylation is 1. The van der Waals surface area contributed by atoms with Crippen molar-refractivity contribution in [2.45, 2.75) is 13.5 Å². The van der Waals surface area contributed by atoms with Crippen molar-refractivity contribution in [3.63, 3.8) is 0 Å². The SMILES string of the molecule is Cc1nc(-c2ccc(CNC(=O)C3=CC=CN4CCS(=O)(=O)N=C34)o2)cs1. The molecular formula is C17H16N4O4S2. The van der Waals surface area contributed by atoms with Crippen molar-refractivity contribution < 1.29 is 17.6 Å². The van der Waals surface area contributed by atoms with E-state index in [1.54, 1.807) is 35.4 Å². The second-order valence-electron chi connectivity index (χ2n) is 6.02. The number of carbonyl (C=O) groups is 1. The fraction of sp³-hybridized carbons (Fsp3) is 0.235. The second-order valence-corrected chi connectivity index (χ2v) is 8.83. The number of amidine groups is 1. The zero-order chi connectivity index (χ0) is 19.0. The van der Waals surface area contributed by atoms with Crippen molar-refractivity contribution in [1.82, 2.24) is 15.2 Å². The molecule has 0 radical (unpaired) electrons. The summed E-state index contributed by atoms with van der Waals surface area (Å²) >= 11 is 1.53. The lowest BCUT2D eigenvalue weighted by Crippen LogP contribution is -2.42. The summed E-state index contributed by atoms with van der Waals surface area (Å²) in [6, 6.07) is 3.58. The number of allylic oxidation sites excluding steroid dienone is 2. The first-order chi connectivity index (χ1) is 12.9. The molecule has 1 N–H and O–H groups in total. The van der Waals surface area contributed by atoms with Crippen LogP contribution in [0.25, 0.3) is 11.5 Å². The van der Waals surface area contributed by atoms with Gasteiger partial charge in [-0.25, -0.2) is 13.4 Å². The summed E-state index contributed by atoms with van der Waals surface area (Å²) < 4.78 is 33.0. The largest absolute Gasteiger partial charge is 0.458 e. The highest BCUT2D eigenvalue weighted by atomic mass is 32.2. The molecule has 8 nitrogen and oxygen atoms in total. The van der Waals surface area contributed by atoms with Gasteiger partial charge in [0.2, 0.25) is 0 Å². The molecule has 27 heavy (non-hydrogen) atoms. The molecule has 0 fully saturated rings. The Bertz CT molecular complexity index is 1090. The van der Waals surface area contributed by atoms with Gasteiger partial charge >= 0.3 is 0 Å². The summed E-state index contributed by atoms with van der Waals surface area (Å²) in [5.74, 6) is 0.881. The number of furan rings is 1. The zero-order valence-corrected chi connectivity index (χ0v) is 16.0. The van der Waals surface area contributed by atoms with Crippen molar-refractivity contribution in [1.29, 1.82) is 0 Å². The molecule has 0 atom stereocenters. The van der Waals surface area contributed by atoms with Crippen LogP contribution in [0.2, 0.25) is 0 Å². The molecule has 2 aliphatic heterocycles. The van der Waals surface area contributed by atoms with Crippen LogP contribution in [0, 0.1) is 6.92 Å². The van der Waals surface area contributed by atoms with Crippen molar-refractivity contribution in [3.05, 3.63) is 52.2 Å². The average molecular weight is 404 g/mol. The molecule has 0 spiro atoms. The Hall–Kier alpha value is -2.72. The number of carbonyl (C=O) groups excluding carboxylic acids is 1. The van der Waals surface area contributed by atoms with E-state index in [9.17, 15) is 13.2 Å². The molecule has 0 bridgehead atoms. The number of amides is 1. The van der Waals surface area contributed by atoms with Gasteiger partial charge < -0.3 is 14.6 Å². The van der Waals surface area contributed by atoms with E-state index in [2.05, 4.69) is 14.7 Å². The Kier molecular flexibility index (Phi) is 4.44. The van der Waals surface area contributed by atoms with Crippen molar-refractivity contribution in [2.24, 2.45) is 4.40 Å². The van der Waals surface area contributed by atoms with Crippen LogP contribution >= 0.6 is 11.3 Å².